The van der Waals surface area contributed by atoms with E-state index in [0.717, 1.165) is 19.5 Å². The highest BCUT2D eigenvalue weighted by Gasteiger charge is 2.19. The zero-order chi connectivity index (χ0) is 18.9. The minimum absolute atomic E-state index is 0.0311. The number of hydrogen-bond donors (Lipinski definition) is 3. The maximum absolute atomic E-state index is 12.6. The number of rotatable bonds is 7. The number of piperidine rings is 1. The van der Waals surface area contributed by atoms with Crippen LogP contribution in [0, 0.1) is 0 Å². The molecular weight excluding hydrogens is 338 g/mol. The molecule has 5 heteroatoms. The minimum atomic E-state index is -0.160. The Hall–Kier alpha value is -2.66. The van der Waals surface area contributed by atoms with Crippen molar-refractivity contribution in [2.45, 2.75) is 25.7 Å². The summed E-state index contributed by atoms with van der Waals surface area (Å²) in [5.41, 5.74) is 2.27. The first-order valence-electron chi connectivity index (χ1n) is 9.77. The molecule has 0 aliphatic carbocycles. The number of anilines is 1. The molecule has 3 rings (SSSR count). The Labute approximate surface area is 160 Å². The zero-order valence-corrected chi connectivity index (χ0v) is 15.7. The quantitative estimate of drug-likeness (QED) is 0.698. The molecule has 1 aliphatic rings. The van der Waals surface area contributed by atoms with Gasteiger partial charge in [0.1, 0.15) is 0 Å². The maximum atomic E-state index is 12.6. The van der Waals surface area contributed by atoms with E-state index in [1.807, 2.05) is 42.5 Å². The molecule has 2 aromatic carbocycles. The summed E-state index contributed by atoms with van der Waals surface area (Å²) in [6, 6.07) is 17.2. The highest BCUT2D eigenvalue weighted by Crippen LogP contribution is 2.14. The van der Waals surface area contributed by atoms with Crippen molar-refractivity contribution in [1.82, 2.24) is 5.32 Å². The van der Waals surface area contributed by atoms with Crippen LogP contribution < -0.4 is 15.5 Å². The fourth-order valence-corrected chi connectivity index (χ4v) is 3.50. The van der Waals surface area contributed by atoms with Crippen LogP contribution in [0.5, 0.6) is 0 Å². The number of nitrogens with one attached hydrogen (secondary N) is 3. The summed E-state index contributed by atoms with van der Waals surface area (Å²) in [5, 5.41) is 5.87. The number of likely N-dealkylation sites (tertiary alicyclic amines) is 1. The van der Waals surface area contributed by atoms with E-state index in [1.165, 1.54) is 29.7 Å². The molecule has 1 saturated heterocycles. The molecule has 1 fully saturated rings. The second-order valence-electron chi connectivity index (χ2n) is 7.07. The SMILES string of the molecule is O=C(C[NH+]1CCCCC1)Nc1ccccc1C(=O)NCCc1ccccc1. The van der Waals surface area contributed by atoms with Crippen molar-refractivity contribution < 1.29 is 14.5 Å². The summed E-state index contributed by atoms with van der Waals surface area (Å²) in [4.78, 5) is 26.3. The zero-order valence-electron chi connectivity index (χ0n) is 15.7. The van der Waals surface area contributed by atoms with Crippen LogP contribution in [0.1, 0.15) is 35.2 Å². The Bertz CT molecular complexity index is 755. The van der Waals surface area contributed by atoms with Crippen LogP contribution in [0.15, 0.2) is 54.6 Å². The van der Waals surface area contributed by atoms with Crippen LogP contribution >= 0.6 is 0 Å². The molecule has 0 aromatic heterocycles. The fraction of sp³-hybridized carbons (Fsp3) is 0.364. The molecule has 0 unspecified atom stereocenters. The highest BCUT2D eigenvalue weighted by molar-refractivity contribution is 6.03. The van der Waals surface area contributed by atoms with Gasteiger partial charge in [-0.2, -0.15) is 0 Å². The van der Waals surface area contributed by atoms with E-state index >= 15 is 0 Å². The van der Waals surface area contributed by atoms with Crippen molar-refractivity contribution in [3.63, 3.8) is 0 Å². The maximum Gasteiger partial charge on any atom is 0.279 e. The van der Waals surface area contributed by atoms with Crippen molar-refractivity contribution in [2.24, 2.45) is 0 Å². The second kappa shape index (κ2) is 9.88. The molecule has 1 heterocycles. The summed E-state index contributed by atoms with van der Waals surface area (Å²) >= 11 is 0. The Balaban J connectivity index is 1.54. The van der Waals surface area contributed by atoms with Gasteiger partial charge in [0.15, 0.2) is 6.54 Å². The van der Waals surface area contributed by atoms with Gasteiger partial charge in [0.25, 0.3) is 11.8 Å². The van der Waals surface area contributed by atoms with E-state index in [2.05, 4.69) is 10.6 Å². The normalized spacial score (nSPS) is 14.5. The number of hydrogen-bond acceptors (Lipinski definition) is 2. The molecule has 2 amide bonds. The monoisotopic (exact) mass is 366 g/mol. The number of benzene rings is 2. The van der Waals surface area contributed by atoms with Gasteiger partial charge in [0, 0.05) is 6.54 Å². The predicted octanol–water partition coefficient (Wildman–Crippen LogP) is 1.67. The first kappa shape index (κ1) is 19.1. The molecule has 0 spiro atoms. The third-order valence-corrected chi connectivity index (χ3v) is 4.96. The van der Waals surface area contributed by atoms with Gasteiger partial charge in [-0.1, -0.05) is 42.5 Å². The first-order chi connectivity index (χ1) is 13.2. The molecule has 0 atom stereocenters. The van der Waals surface area contributed by atoms with Gasteiger partial charge < -0.3 is 15.5 Å². The van der Waals surface area contributed by atoms with Crippen LogP contribution in [0.4, 0.5) is 5.69 Å². The second-order valence-corrected chi connectivity index (χ2v) is 7.07. The number of para-hydroxylation sites is 1. The van der Waals surface area contributed by atoms with Crippen LogP contribution in [0.25, 0.3) is 0 Å². The van der Waals surface area contributed by atoms with Crippen molar-refractivity contribution >= 4 is 17.5 Å². The molecule has 0 saturated carbocycles. The largest absolute Gasteiger partial charge is 0.352 e. The number of amides is 2. The van der Waals surface area contributed by atoms with Gasteiger partial charge in [-0.3, -0.25) is 9.59 Å². The van der Waals surface area contributed by atoms with Crippen molar-refractivity contribution in [1.29, 1.82) is 0 Å². The molecule has 0 radical (unpaired) electrons. The first-order valence-corrected chi connectivity index (χ1v) is 9.77. The molecule has 2 aromatic rings. The Morgan fingerprint density at radius 2 is 1.59 bits per heavy atom. The Morgan fingerprint density at radius 1 is 0.889 bits per heavy atom. The van der Waals surface area contributed by atoms with Crippen LogP contribution in [-0.4, -0.2) is 38.0 Å². The highest BCUT2D eigenvalue weighted by atomic mass is 16.2. The van der Waals surface area contributed by atoms with Crippen LogP contribution in [-0.2, 0) is 11.2 Å². The molecule has 0 bridgehead atoms. The molecule has 3 N–H and O–H groups in total. The number of carbonyl (C=O) groups excluding carboxylic acids is 2. The van der Waals surface area contributed by atoms with Gasteiger partial charge >= 0.3 is 0 Å². The van der Waals surface area contributed by atoms with Crippen LogP contribution in [0.2, 0.25) is 0 Å². The van der Waals surface area contributed by atoms with E-state index in [-0.39, 0.29) is 11.8 Å². The third kappa shape index (κ3) is 5.93. The van der Waals surface area contributed by atoms with E-state index in [1.54, 1.807) is 12.1 Å². The number of quaternary nitrogens is 1. The van der Waals surface area contributed by atoms with Gasteiger partial charge in [0.2, 0.25) is 0 Å². The lowest BCUT2D eigenvalue weighted by molar-refractivity contribution is -0.896. The van der Waals surface area contributed by atoms with Crippen molar-refractivity contribution in [3.8, 4) is 0 Å². The average Bonchev–Trinajstić information content (AvgIpc) is 2.70. The molecule has 27 heavy (non-hydrogen) atoms. The summed E-state index contributed by atoms with van der Waals surface area (Å²) in [6.45, 7) is 3.12. The van der Waals surface area contributed by atoms with Gasteiger partial charge in [-0.05, 0) is 43.4 Å². The molecular formula is C22H28N3O2+. The summed E-state index contributed by atoms with van der Waals surface area (Å²) < 4.78 is 0. The van der Waals surface area contributed by atoms with Crippen molar-refractivity contribution in [2.75, 3.05) is 31.5 Å². The topological polar surface area (TPSA) is 62.6 Å². The van der Waals surface area contributed by atoms with Crippen molar-refractivity contribution in [3.05, 3.63) is 65.7 Å². The molecule has 1 aliphatic heterocycles. The molecule has 5 nitrogen and oxygen atoms in total. The predicted molar refractivity (Wildman–Crippen MR) is 107 cm³/mol. The van der Waals surface area contributed by atoms with E-state index in [4.69, 9.17) is 0 Å². The standard InChI is InChI=1S/C22H27N3O2/c26-21(17-25-15-7-2-8-16-25)24-20-12-6-5-11-19(20)22(27)23-14-13-18-9-3-1-4-10-18/h1,3-6,9-12H,2,7-8,13-17H2,(H,23,27)(H,24,26)/p+1. The summed E-state index contributed by atoms with van der Waals surface area (Å²) in [6.07, 6.45) is 4.41. The lowest BCUT2D eigenvalue weighted by atomic mass is 10.1. The lowest BCUT2D eigenvalue weighted by Gasteiger charge is -2.23. The van der Waals surface area contributed by atoms with E-state index in [0.29, 0.717) is 24.3 Å². The lowest BCUT2D eigenvalue weighted by Crippen LogP contribution is -3.13. The number of carbonyl (C=O) groups is 2. The minimum Gasteiger partial charge on any atom is -0.352 e. The van der Waals surface area contributed by atoms with Crippen LogP contribution in [0.3, 0.4) is 0 Å². The Morgan fingerprint density at radius 3 is 2.37 bits per heavy atom. The average molecular weight is 366 g/mol. The van der Waals surface area contributed by atoms with Gasteiger partial charge in [-0.15, -0.1) is 0 Å². The van der Waals surface area contributed by atoms with Gasteiger partial charge in [0.05, 0.1) is 24.3 Å². The molecule has 142 valence electrons. The van der Waals surface area contributed by atoms with Gasteiger partial charge in [-0.25, -0.2) is 0 Å². The summed E-state index contributed by atoms with van der Waals surface area (Å²) in [7, 11) is 0. The third-order valence-electron chi connectivity index (χ3n) is 4.96. The van der Waals surface area contributed by atoms with E-state index < -0.39 is 0 Å². The smallest absolute Gasteiger partial charge is 0.279 e. The summed E-state index contributed by atoms with van der Waals surface area (Å²) in [5.74, 6) is -0.191. The van der Waals surface area contributed by atoms with E-state index in [9.17, 15) is 9.59 Å². The fourth-order valence-electron chi connectivity index (χ4n) is 3.50. The Kier molecular flexibility index (Phi) is 6.99.